The third-order valence-electron chi connectivity index (χ3n) is 3.04. The molecule has 20 heavy (non-hydrogen) atoms. The Morgan fingerprint density at radius 1 is 1.10 bits per heavy atom. The number of rotatable bonds is 4. The predicted octanol–water partition coefficient (Wildman–Crippen LogP) is 2.47. The summed E-state index contributed by atoms with van der Waals surface area (Å²) in [6.07, 6.45) is 0. The van der Waals surface area contributed by atoms with Crippen LogP contribution in [0.4, 0.5) is 0 Å². The molecule has 0 aliphatic rings. The molecule has 0 heterocycles. The third kappa shape index (κ3) is 2.96. The number of carbonyl (C=O) groups is 2. The number of nitrogens with zero attached hydrogens (tertiary/aromatic N) is 1. The van der Waals surface area contributed by atoms with Crippen molar-refractivity contribution in [1.82, 2.24) is 4.90 Å². The Morgan fingerprint density at radius 3 is 2.55 bits per heavy atom. The lowest BCUT2D eigenvalue weighted by Gasteiger charge is -2.17. The van der Waals surface area contributed by atoms with Crippen LogP contribution in [0, 0.1) is 0 Å². The summed E-state index contributed by atoms with van der Waals surface area (Å²) in [5, 5.41) is 1.89. The maximum Gasteiger partial charge on any atom is 0.325 e. The van der Waals surface area contributed by atoms with Gasteiger partial charge in [0.05, 0.1) is 6.61 Å². The van der Waals surface area contributed by atoms with E-state index in [1.807, 2.05) is 36.4 Å². The summed E-state index contributed by atoms with van der Waals surface area (Å²) in [6, 6.07) is 13.2. The molecule has 1 amide bonds. The van der Waals surface area contributed by atoms with Gasteiger partial charge in [0.2, 0.25) is 0 Å². The molecule has 4 heteroatoms. The Hall–Kier alpha value is -2.36. The monoisotopic (exact) mass is 271 g/mol. The molecule has 0 bridgehead atoms. The number of ether oxygens (including phenoxy) is 1. The van der Waals surface area contributed by atoms with Gasteiger partial charge in [-0.2, -0.15) is 0 Å². The molecule has 0 atom stereocenters. The van der Waals surface area contributed by atoms with E-state index in [0.29, 0.717) is 12.2 Å². The van der Waals surface area contributed by atoms with Gasteiger partial charge >= 0.3 is 5.97 Å². The van der Waals surface area contributed by atoms with Crippen LogP contribution in [0.1, 0.15) is 17.3 Å². The Bertz CT molecular complexity index is 631. The van der Waals surface area contributed by atoms with Crippen molar-refractivity contribution in [3.05, 3.63) is 48.0 Å². The van der Waals surface area contributed by atoms with Gasteiger partial charge in [0.25, 0.3) is 5.91 Å². The molecule has 0 spiro atoms. The summed E-state index contributed by atoms with van der Waals surface area (Å²) < 4.78 is 4.85. The molecule has 0 N–H and O–H groups in total. The Kier molecular flexibility index (Phi) is 4.35. The van der Waals surface area contributed by atoms with Gasteiger partial charge in [-0.3, -0.25) is 9.59 Å². The number of benzene rings is 2. The average molecular weight is 271 g/mol. The largest absolute Gasteiger partial charge is 0.465 e. The van der Waals surface area contributed by atoms with Crippen molar-refractivity contribution in [2.45, 2.75) is 6.92 Å². The lowest BCUT2D eigenvalue weighted by atomic mass is 10.0. The highest BCUT2D eigenvalue weighted by Gasteiger charge is 2.17. The Labute approximate surface area is 117 Å². The molecule has 4 nitrogen and oxygen atoms in total. The van der Waals surface area contributed by atoms with Gasteiger partial charge in [-0.25, -0.2) is 0 Å². The topological polar surface area (TPSA) is 46.6 Å². The summed E-state index contributed by atoms with van der Waals surface area (Å²) in [5.74, 6) is -0.585. The fourth-order valence-electron chi connectivity index (χ4n) is 2.09. The zero-order valence-electron chi connectivity index (χ0n) is 11.6. The van der Waals surface area contributed by atoms with Crippen LogP contribution in [-0.4, -0.2) is 37.0 Å². The smallest absolute Gasteiger partial charge is 0.325 e. The van der Waals surface area contributed by atoms with E-state index in [-0.39, 0.29) is 12.5 Å². The maximum atomic E-state index is 12.4. The van der Waals surface area contributed by atoms with Crippen molar-refractivity contribution in [2.75, 3.05) is 20.2 Å². The predicted molar refractivity (Wildman–Crippen MR) is 77.5 cm³/mol. The number of hydrogen-bond acceptors (Lipinski definition) is 3. The summed E-state index contributed by atoms with van der Waals surface area (Å²) in [7, 11) is 1.60. The first-order valence-electron chi connectivity index (χ1n) is 6.52. The number of carbonyl (C=O) groups excluding carboxylic acids is 2. The number of hydrogen-bond donors (Lipinski definition) is 0. The van der Waals surface area contributed by atoms with E-state index in [1.165, 1.54) is 4.90 Å². The van der Waals surface area contributed by atoms with Crippen LogP contribution in [0.25, 0.3) is 10.8 Å². The van der Waals surface area contributed by atoms with Gasteiger partial charge in [0.1, 0.15) is 6.54 Å². The summed E-state index contributed by atoms with van der Waals surface area (Å²) >= 11 is 0. The van der Waals surface area contributed by atoms with Crippen LogP contribution >= 0.6 is 0 Å². The highest BCUT2D eigenvalue weighted by Crippen LogP contribution is 2.19. The van der Waals surface area contributed by atoms with Crippen molar-refractivity contribution in [3.63, 3.8) is 0 Å². The Morgan fingerprint density at radius 2 is 1.80 bits per heavy atom. The van der Waals surface area contributed by atoms with Crippen molar-refractivity contribution < 1.29 is 14.3 Å². The molecule has 0 radical (unpaired) electrons. The second-order valence-corrected chi connectivity index (χ2v) is 4.49. The number of fused-ring (bicyclic) bond motifs is 1. The standard InChI is InChI=1S/C16H17NO3/c1-3-20-15(18)11-17(2)16(19)14-10-6-8-12-7-4-5-9-13(12)14/h4-10H,3,11H2,1-2H3. The molecular formula is C16H17NO3. The van der Waals surface area contributed by atoms with Gasteiger partial charge in [-0.1, -0.05) is 36.4 Å². The van der Waals surface area contributed by atoms with Crippen LogP contribution in [0.3, 0.4) is 0 Å². The molecule has 0 saturated carbocycles. The molecule has 0 fully saturated rings. The van der Waals surface area contributed by atoms with E-state index in [2.05, 4.69) is 0 Å². The van der Waals surface area contributed by atoms with Crippen molar-refractivity contribution >= 4 is 22.6 Å². The molecule has 104 valence electrons. The van der Waals surface area contributed by atoms with Gasteiger partial charge < -0.3 is 9.64 Å². The maximum absolute atomic E-state index is 12.4. The first-order valence-corrected chi connectivity index (χ1v) is 6.52. The van der Waals surface area contributed by atoms with Gasteiger partial charge in [-0.05, 0) is 23.8 Å². The molecule has 2 rings (SSSR count). The van der Waals surface area contributed by atoms with Crippen molar-refractivity contribution in [3.8, 4) is 0 Å². The highest BCUT2D eigenvalue weighted by molar-refractivity contribution is 6.07. The second kappa shape index (κ2) is 6.19. The normalized spacial score (nSPS) is 10.3. The molecule has 0 aromatic heterocycles. The molecule has 2 aromatic carbocycles. The SMILES string of the molecule is CCOC(=O)CN(C)C(=O)c1cccc2ccccc12. The molecule has 2 aromatic rings. The van der Waals surface area contributed by atoms with Crippen LogP contribution in [0.15, 0.2) is 42.5 Å². The van der Waals surface area contributed by atoms with Gasteiger partial charge in [-0.15, -0.1) is 0 Å². The zero-order valence-corrected chi connectivity index (χ0v) is 11.6. The van der Waals surface area contributed by atoms with Gasteiger partial charge in [0.15, 0.2) is 0 Å². The minimum atomic E-state index is -0.399. The van der Waals surface area contributed by atoms with Crippen LogP contribution in [-0.2, 0) is 9.53 Å². The van der Waals surface area contributed by atoms with E-state index < -0.39 is 5.97 Å². The zero-order chi connectivity index (χ0) is 14.5. The lowest BCUT2D eigenvalue weighted by Crippen LogP contribution is -2.33. The first-order chi connectivity index (χ1) is 9.63. The fourth-order valence-corrected chi connectivity index (χ4v) is 2.09. The third-order valence-corrected chi connectivity index (χ3v) is 3.04. The molecule has 0 saturated heterocycles. The van der Waals surface area contributed by atoms with Crippen molar-refractivity contribution in [1.29, 1.82) is 0 Å². The minimum Gasteiger partial charge on any atom is -0.465 e. The quantitative estimate of drug-likeness (QED) is 0.803. The van der Waals surface area contributed by atoms with E-state index in [0.717, 1.165) is 10.8 Å². The van der Waals surface area contributed by atoms with Crippen molar-refractivity contribution in [2.24, 2.45) is 0 Å². The van der Waals surface area contributed by atoms with Gasteiger partial charge in [0, 0.05) is 12.6 Å². The molecule has 0 aliphatic heterocycles. The van der Waals surface area contributed by atoms with E-state index in [4.69, 9.17) is 4.74 Å². The summed E-state index contributed by atoms with van der Waals surface area (Å²) in [5.41, 5.74) is 0.592. The molecule has 0 aliphatic carbocycles. The summed E-state index contributed by atoms with van der Waals surface area (Å²) in [4.78, 5) is 25.2. The number of likely N-dealkylation sites (N-methyl/N-ethyl adjacent to an activating group) is 1. The number of esters is 1. The lowest BCUT2D eigenvalue weighted by molar-refractivity contribution is -0.143. The van der Waals surface area contributed by atoms with E-state index in [1.54, 1.807) is 20.0 Å². The average Bonchev–Trinajstić information content (AvgIpc) is 2.46. The van der Waals surface area contributed by atoms with Crippen LogP contribution in [0.2, 0.25) is 0 Å². The number of amides is 1. The minimum absolute atomic E-state index is 0.0457. The van der Waals surface area contributed by atoms with E-state index >= 15 is 0 Å². The summed E-state index contributed by atoms with van der Waals surface area (Å²) in [6.45, 7) is 2.01. The second-order valence-electron chi connectivity index (χ2n) is 4.49. The first kappa shape index (κ1) is 14.1. The molecule has 0 unspecified atom stereocenters. The van der Waals surface area contributed by atoms with Crippen LogP contribution in [0.5, 0.6) is 0 Å². The highest BCUT2D eigenvalue weighted by atomic mass is 16.5. The Balaban J connectivity index is 2.25. The van der Waals surface area contributed by atoms with E-state index in [9.17, 15) is 9.59 Å². The fraction of sp³-hybridized carbons (Fsp3) is 0.250. The molecular weight excluding hydrogens is 254 g/mol. The van der Waals surface area contributed by atoms with Crippen LogP contribution < -0.4 is 0 Å².